The van der Waals surface area contributed by atoms with Gasteiger partial charge in [0.25, 0.3) is 6.43 Å². The SMILES string of the molecule is COC(=O)c1ccc(C(F)F)nc1C. The van der Waals surface area contributed by atoms with Gasteiger partial charge in [-0.25, -0.2) is 13.6 Å². The third kappa shape index (κ3) is 2.04. The van der Waals surface area contributed by atoms with E-state index in [1.807, 2.05) is 0 Å². The fourth-order valence-electron chi connectivity index (χ4n) is 1.03. The molecule has 0 bridgehead atoms. The summed E-state index contributed by atoms with van der Waals surface area (Å²) in [6, 6.07) is 2.40. The lowest BCUT2D eigenvalue weighted by Gasteiger charge is -2.04. The summed E-state index contributed by atoms with van der Waals surface area (Å²) in [5.41, 5.74) is 0.113. The predicted molar refractivity (Wildman–Crippen MR) is 45.3 cm³/mol. The van der Waals surface area contributed by atoms with Gasteiger partial charge in [0.15, 0.2) is 0 Å². The maximum absolute atomic E-state index is 12.2. The molecule has 0 aliphatic heterocycles. The molecule has 0 aliphatic carbocycles. The monoisotopic (exact) mass is 201 g/mol. The lowest BCUT2D eigenvalue weighted by molar-refractivity contribution is 0.0598. The first-order chi connectivity index (χ1) is 6.56. The van der Waals surface area contributed by atoms with Crippen molar-refractivity contribution in [2.75, 3.05) is 7.11 Å². The van der Waals surface area contributed by atoms with E-state index in [9.17, 15) is 13.6 Å². The van der Waals surface area contributed by atoms with Crippen LogP contribution in [-0.4, -0.2) is 18.1 Å². The van der Waals surface area contributed by atoms with Crippen molar-refractivity contribution in [3.05, 3.63) is 29.1 Å². The number of alkyl halides is 2. The lowest BCUT2D eigenvalue weighted by atomic mass is 10.2. The quantitative estimate of drug-likeness (QED) is 0.688. The Bertz CT molecular complexity index is 353. The normalized spacial score (nSPS) is 10.4. The van der Waals surface area contributed by atoms with Gasteiger partial charge in [-0.3, -0.25) is 4.98 Å². The number of carbonyl (C=O) groups excluding carboxylic acids is 1. The van der Waals surface area contributed by atoms with Crippen LogP contribution >= 0.6 is 0 Å². The zero-order chi connectivity index (χ0) is 10.7. The molecule has 0 radical (unpaired) electrons. The summed E-state index contributed by atoms with van der Waals surface area (Å²) in [6.07, 6.45) is -2.62. The number of aryl methyl sites for hydroxylation is 1. The van der Waals surface area contributed by atoms with Crippen LogP contribution in [0.2, 0.25) is 0 Å². The molecular weight excluding hydrogens is 192 g/mol. The molecule has 0 N–H and O–H groups in total. The second kappa shape index (κ2) is 4.13. The van der Waals surface area contributed by atoms with Crippen molar-refractivity contribution in [3.63, 3.8) is 0 Å². The Balaban J connectivity index is 3.07. The summed E-state index contributed by atoms with van der Waals surface area (Å²) in [5.74, 6) is -0.573. The van der Waals surface area contributed by atoms with Crippen LogP contribution in [-0.2, 0) is 4.74 Å². The maximum atomic E-state index is 12.2. The highest BCUT2D eigenvalue weighted by Crippen LogP contribution is 2.18. The molecule has 76 valence electrons. The minimum atomic E-state index is -2.62. The van der Waals surface area contributed by atoms with Crippen LogP contribution in [0, 0.1) is 6.92 Å². The highest BCUT2D eigenvalue weighted by atomic mass is 19.3. The zero-order valence-electron chi connectivity index (χ0n) is 7.75. The molecule has 0 atom stereocenters. The number of hydrogen-bond donors (Lipinski definition) is 0. The Hall–Kier alpha value is -1.52. The topological polar surface area (TPSA) is 39.2 Å². The van der Waals surface area contributed by atoms with E-state index < -0.39 is 12.4 Å². The molecule has 1 aromatic heterocycles. The van der Waals surface area contributed by atoms with E-state index in [2.05, 4.69) is 9.72 Å². The van der Waals surface area contributed by atoms with Crippen LogP contribution in [0.1, 0.15) is 28.2 Å². The molecule has 0 aliphatic rings. The van der Waals surface area contributed by atoms with E-state index in [4.69, 9.17) is 0 Å². The van der Waals surface area contributed by atoms with E-state index in [0.717, 1.165) is 6.07 Å². The van der Waals surface area contributed by atoms with Crippen molar-refractivity contribution in [2.24, 2.45) is 0 Å². The number of carbonyl (C=O) groups is 1. The van der Waals surface area contributed by atoms with Crippen LogP contribution in [0.3, 0.4) is 0 Å². The number of rotatable bonds is 2. The van der Waals surface area contributed by atoms with E-state index in [0.29, 0.717) is 0 Å². The predicted octanol–water partition coefficient (Wildman–Crippen LogP) is 2.11. The largest absolute Gasteiger partial charge is 0.465 e. The molecule has 0 saturated heterocycles. The molecule has 1 heterocycles. The van der Waals surface area contributed by atoms with Crippen LogP contribution in [0.25, 0.3) is 0 Å². The van der Waals surface area contributed by atoms with E-state index >= 15 is 0 Å². The second-order valence-corrected chi connectivity index (χ2v) is 2.66. The van der Waals surface area contributed by atoms with Gasteiger partial charge in [-0.2, -0.15) is 0 Å². The number of esters is 1. The molecule has 0 amide bonds. The molecule has 0 unspecified atom stereocenters. The molecule has 1 aromatic rings. The Kier molecular flexibility index (Phi) is 3.11. The average Bonchev–Trinajstić information content (AvgIpc) is 2.16. The standard InChI is InChI=1S/C9H9F2NO2/c1-5-6(9(13)14-2)3-4-7(12-5)8(10)11/h3-4,8H,1-2H3. The summed E-state index contributed by atoms with van der Waals surface area (Å²) in [6.45, 7) is 1.48. The van der Waals surface area contributed by atoms with Crippen molar-refractivity contribution in [3.8, 4) is 0 Å². The molecule has 5 heteroatoms. The van der Waals surface area contributed by atoms with Crippen molar-refractivity contribution < 1.29 is 18.3 Å². The number of halogens is 2. The van der Waals surface area contributed by atoms with Gasteiger partial charge in [-0.05, 0) is 19.1 Å². The van der Waals surface area contributed by atoms with Crippen molar-refractivity contribution >= 4 is 5.97 Å². The van der Waals surface area contributed by atoms with Gasteiger partial charge < -0.3 is 4.74 Å². The van der Waals surface area contributed by atoms with Crippen molar-refractivity contribution in [2.45, 2.75) is 13.3 Å². The van der Waals surface area contributed by atoms with Crippen LogP contribution in [0.4, 0.5) is 8.78 Å². The third-order valence-electron chi connectivity index (χ3n) is 1.74. The Labute approximate surface area is 79.7 Å². The first-order valence-corrected chi connectivity index (χ1v) is 3.90. The summed E-state index contributed by atoms with van der Waals surface area (Å²) >= 11 is 0. The minimum Gasteiger partial charge on any atom is -0.465 e. The van der Waals surface area contributed by atoms with Crippen molar-refractivity contribution in [1.82, 2.24) is 4.98 Å². The molecule has 0 aromatic carbocycles. The van der Waals surface area contributed by atoms with Crippen LogP contribution in [0.15, 0.2) is 12.1 Å². The maximum Gasteiger partial charge on any atom is 0.339 e. The van der Waals surface area contributed by atoms with Gasteiger partial charge >= 0.3 is 5.97 Å². The first-order valence-electron chi connectivity index (χ1n) is 3.90. The van der Waals surface area contributed by atoms with Gasteiger partial charge in [0.05, 0.1) is 18.4 Å². The summed E-state index contributed by atoms with van der Waals surface area (Å²) in [5, 5.41) is 0. The van der Waals surface area contributed by atoms with E-state index in [1.165, 1.54) is 20.1 Å². The van der Waals surface area contributed by atoms with Gasteiger partial charge in [-0.1, -0.05) is 0 Å². The average molecular weight is 201 g/mol. The van der Waals surface area contributed by atoms with Crippen LogP contribution < -0.4 is 0 Å². The highest BCUT2D eigenvalue weighted by molar-refractivity contribution is 5.90. The van der Waals surface area contributed by atoms with Crippen LogP contribution in [0.5, 0.6) is 0 Å². The molecule has 0 spiro atoms. The molecule has 0 fully saturated rings. The second-order valence-electron chi connectivity index (χ2n) is 2.66. The minimum absolute atomic E-state index is 0.205. The molecule has 0 saturated carbocycles. The van der Waals surface area contributed by atoms with Crippen molar-refractivity contribution in [1.29, 1.82) is 0 Å². The van der Waals surface area contributed by atoms with Gasteiger partial charge in [-0.15, -0.1) is 0 Å². The number of hydrogen-bond acceptors (Lipinski definition) is 3. The summed E-state index contributed by atoms with van der Waals surface area (Å²) in [4.78, 5) is 14.7. The van der Waals surface area contributed by atoms with E-state index in [1.54, 1.807) is 0 Å². The molecule has 14 heavy (non-hydrogen) atoms. The first kappa shape index (κ1) is 10.6. The fraction of sp³-hybridized carbons (Fsp3) is 0.333. The Morgan fingerprint density at radius 1 is 1.50 bits per heavy atom. The zero-order valence-corrected chi connectivity index (χ0v) is 7.75. The van der Waals surface area contributed by atoms with Gasteiger partial charge in [0, 0.05) is 0 Å². The molecule has 1 rings (SSSR count). The molecular formula is C9H9F2NO2. The number of methoxy groups -OCH3 is 1. The lowest BCUT2D eigenvalue weighted by Crippen LogP contribution is -2.06. The number of aromatic nitrogens is 1. The van der Waals surface area contributed by atoms with Gasteiger partial charge in [0.2, 0.25) is 0 Å². The summed E-state index contributed by atoms with van der Waals surface area (Å²) < 4.78 is 28.8. The summed E-state index contributed by atoms with van der Waals surface area (Å²) in [7, 11) is 1.22. The Morgan fingerprint density at radius 2 is 2.14 bits per heavy atom. The number of pyridine rings is 1. The number of nitrogens with zero attached hydrogens (tertiary/aromatic N) is 1. The Morgan fingerprint density at radius 3 is 2.57 bits per heavy atom. The third-order valence-corrected chi connectivity index (χ3v) is 1.74. The number of ether oxygens (including phenoxy) is 1. The van der Waals surface area contributed by atoms with E-state index in [-0.39, 0.29) is 17.0 Å². The smallest absolute Gasteiger partial charge is 0.339 e. The fourth-order valence-corrected chi connectivity index (χ4v) is 1.03. The highest BCUT2D eigenvalue weighted by Gasteiger charge is 2.14. The van der Waals surface area contributed by atoms with Gasteiger partial charge in [0.1, 0.15) is 5.69 Å². The molecule has 3 nitrogen and oxygen atoms in total.